The van der Waals surface area contributed by atoms with Gasteiger partial charge in [0.05, 0.1) is 6.54 Å². The van der Waals surface area contributed by atoms with Gasteiger partial charge in [-0.05, 0) is 19.8 Å². The van der Waals surface area contributed by atoms with Crippen molar-refractivity contribution < 1.29 is 0 Å². The SMILES string of the molecule is CCn1ccnc1CNCC1CCCN1c1cc(NC)ncn1. The smallest absolute Gasteiger partial charge is 0.134 e. The Labute approximate surface area is 137 Å². The average molecular weight is 315 g/mol. The minimum Gasteiger partial charge on any atom is -0.373 e. The van der Waals surface area contributed by atoms with Crippen molar-refractivity contribution in [2.24, 2.45) is 0 Å². The van der Waals surface area contributed by atoms with Crippen LogP contribution >= 0.6 is 0 Å². The Kier molecular flexibility index (Phi) is 5.07. The van der Waals surface area contributed by atoms with E-state index in [2.05, 4.69) is 42.0 Å². The zero-order valence-corrected chi connectivity index (χ0v) is 13.9. The normalized spacial score (nSPS) is 17.7. The molecule has 2 aromatic rings. The van der Waals surface area contributed by atoms with E-state index in [1.54, 1.807) is 6.33 Å². The molecule has 124 valence electrons. The maximum atomic E-state index is 4.44. The molecule has 0 bridgehead atoms. The fraction of sp³-hybridized carbons (Fsp3) is 0.562. The zero-order valence-electron chi connectivity index (χ0n) is 13.9. The van der Waals surface area contributed by atoms with Gasteiger partial charge >= 0.3 is 0 Å². The van der Waals surface area contributed by atoms with Crippen molar-refractivity contribution in [2.45, 2.75) is 38.9 Å². The first-order valence-electron chi connectivity index (χ1n) is 8.29. The standard InChI is InChI=1S/C16H25N7/c1-3-22-8-6-19-16(22)11-18-10-13-5-4-7-23(13)15-9-14(17-2)20-12-21-15/h6,8-9,12-13,18H,3-5,7,10-11H2,1-2H3,(H,17,20,21). The molecule has 23 heavy (non-hydrogen) atoms. The van der Waals surface area contributed by atoms with Gasteiger partial charge in [0.15, 0.2) is 0 Å². The molecule has 1 fully saturated rings. The van der Waals surface area contributed by atoms with E-state index in [1.807, 2.05) is 25.5 Å². The number of hydrogen-bond donors (Lipinski definition) is 2. The molecule has 7 nitrogen and oxygen atoms in total. The second-order valence-electron chi connectivity index (χ2n) is 5.76. The Hall–Kier alpha value is -2.15. The lowest BCUT2D eigenvalue weighted by Crippen LogP contribution is -2.38. The van der Waals surface area contributed by atoms with Gasteiger partial charge < -0.3 is 20.1 Å². The number of nitrogens with zero attached hydrogens (tertiary/aromatic N) is 5. The summed E-state index contributed by atoms with van der Waals surface area (Å²) in [5.74, 6) is 2.96. The number of imidazole rings is 1. The minimum atomic E-state index is 0.472. The molecule has 1 aliphatic heterocycles. The maximum absolute atomic E-state index is 4.44. The fourth-order valence-electron chi connectivity index (χ4n) is 3.14. The molecular formula is C16H25N7. The second-order valence-corrected chi connectivity index (χ2v) is 5.76. The summed E-state index contributed by atoms with van der Waals surface area (Å²) in [7, 11) is 1.88. The molecule has 3 heterocycles. The summed E-state index contributed by atoms with van der Waals surface area (Å²) in [5.41, 5.74) is 0. The maximum Gasteiger partial charge on any atom is 0.134 e. The first-order valence-corrected chi connectivity index (χ1v) is 8.29. The highest BCUT2D eigenvalue weighted by Gasteiger charge is 2.25. The molecule has 0 aliphatic carbocycles. The molecular weight excluding hydrogens is 290 g/mol. The summed E-state index contributed by atoms with van der Waals surface area (Å²) in [4.78, 5) is 15.4. The number of hydrogen-bond acceptors (Lipinski definition) is 6. The predicted octanol–water partition coefficient (Wildman–Crippen LogP) is 1.49. The number of aryl methyl sites for hydroxylation is 1. The quantitative estimate of drug-likeness (QED) is 0.807. The number of anilines is 2. The summed E-state index contributed by atoms with van der Waals surface area (Å²) in [6.07, 6.45) is 7.91. The van der Waals surface area contributed by atoms with E-state index in [-0.39, 0.29) is 0 Å². The first kappa shape index (κ1) is 15.7. The van der Waals surface area contributed by atoms with Crippen LogP contribution in [0.25, 0.3) is 0 Å². The number of aromatic nitrogens is 4. The van der Waals surface area contributed by atoms with Crippen molar-refractivity contribution in [1.82, 2.24) is 24.8 Å². The van der Waals surface area contributed by atoms with Crippen molar-refractivity contribution in [3.63, 3.8) is 0 Å². The molecule has 3 rings (SSSR count). The van der Waals surface area contributed by atoms with Crippen molar-refractivity contribution in [3.8, 4) is 0 Å². The molecule has 7 heteroatoms. The summed E-state index contributed by atoms with van der Waals surface area (Å²) in [6.45, 7) is 5.89. The monoisotopic (exact) mass is 315 g/mol. The van der Waals surface area contributed by atoms with Gasteiger partial charge in [-0.3, -0.25) is 0 Å². The van der Waals surface area contributed by atoms with Gasteiger partial charge in [0.2, 0.25) is 0 Å². The predicted molar refractivity (Wildman–Crippen MR) is 91.6 cm³/mol. The highest BCUT2D eigenvalue weighted by Crippen LogP contribution is 2.24. The van der Waals surface area contributed by atoms with E-state index in [9.17, 15) is 0 Å². The van der Waals surface area contributed by atoms with Crippen molar-refractivity contribution >= 4 is 11.6 Å². The Morgan fingerprint density at radius 1 is 1.30 bits per heavy atom. The third kappa shape index (κ3) is 3.61. The molecule has 0 amide bonds. The van der Waals surface area contributed by atoms with Gasteiger partial charge in [-0.1, -0.05) is 0 Å². The van der Waals surface area contributed by atoms with E-state index in [0.717, 1.165) is 43.6 Å². The van der Waals surface area contributed by atoms with Crippen molar-refractivity contribution in [2.75, 3.05) is 30.4 Å². The van der Waals surface area contributed by atoms with E-state index >= 15 is 0 Å². The van der Waals surface area contributed by atoms with Crippen LogP contribution in [-0.4, -0.2) is 45.7 Å². The topological polar surface area (TPSA) is 70.9 Å². The first-order chi connectivity index (χ1) is 11.3. The van der Waals surface area contributed by atoms with Gasteiger partial charge in [-0.25, -0.2) is 15.0 Å². The van der Waals surface area contributed by atoms with Crippen LogP contribution in [0.4, 0.5) is 11.6 Å². The van der Waals surface area contributed by atoms with Gasteiger partial charge in [0, 0.05) is 51.2 Å². The molecule has 1 unspecified atom stereocenters. The third-order valence-corrected chi connectivity index (χ3v) is 4.39. The van der Waals surface area contributed by atoms with Crippen LogP contribution in [0.3, 0.4) is 0 Å². The summed E-state index contributed by atoms with van der Waals surface area (Å²) in [5, 5.41) is 6.62. The Morgan fingerprint density at radius 2 is 2.22 bits per heavy atom. The molecule has 1 aliphatic rings. The molecule has 1 saturated heterocycles. The largest absolute Gasteiger partial charge is 0.373 e. The zero-order chi connectivity index (χ0) is 16.1. The average Bonchev–Trinajstić information content (AvgIpc) is 3.24. The second kappa shape index (κ2) is 7.41. The highest BCUT2D eigenvalue weighted by atomic mass is 15.3. The third-order valence-electron chi connectivity index (χ3n) is 4.39. The number of rotatable bonds is 7. The summed E-state index contributed by atoms with van der Waals surface area (Å²) >= 11 is 0. The van der Waals surface area contributed by atoms with Crippen LogP contribution in [0.5, 0.6) is 0 Å². The van der Waals surface area contributed by atoms with E-state index < -0.39 is 0 Å². The van der Waals surface area contributed by atoms with Gasteiger partial charge in [-0.15, -0.1) is 0 Å². The molecule has 2 N–H and O–H groups in total. The van der Waals surface area contributed by atoms with E-state index in [0.29, 0.717) is 6.04 Å². The Balaban J connectivity index is 1.58. The Bertz CT molecular complexity index is 624. The van der Waals surface area contributed by atoms with Crippen molar-refractivity contribution in [1.29, 1.82) is 0 Å². The molecule has 0 spiro atoms. The summed E-state index contributed by atoms with van der Waals surface area (Å²) < 4.78 is 2.17. The minimum absolute atomic E-state index is 0.472. The van der Waals surface area contributed by atoms with Crippen LogP contribution < -0.4 is 15.5 Å². The molecule has 2 aromatic heterocycles. The lowest BCUT2D eigenvalue weighted by molar-refractivity contribution is 0.547. The molecule has 0 saturated carbocycles. The van der Waals surface area contributed by atoms with Crippen LogP contribution in [0, 0.1) is 0 Å². The van der Waals surface area contributed by atoms with Crippen LogP contribution in [0.2, 0.25) is 0 Å². The van der Waals surface area contributed by atoms with Gasteiger partial charge in [-0.2, -0.15) is 0 Å². The van der Waals surface area contributed by atoms with Crippen molar-refractivity contribution in [3.05, 3.63) is 30.6 Å². The Morgan fingerprint density at radius 3 is 3.04 bits per heavy atom. The summed E-state index contributed by atoms with van der Waals surface area (Å²) in [6, 6.07) is 2.49. The van der Waals surface area contributed by atoms with Crippen LogP contribution in [0.1, 0.15) is 25.6 Å². The van der Waals surface area contributed by atoms with E-state index in [1.165, 1.54) is 12.8 Å². The fourth-order valence-corrected chi connectivity index (χ4v) is 3.14. The molecule has 0 radical (unpaired) electrons. The van der Waals surface area contributed by atoms with Gasteiger partial charge in [0.25, 0.3) is 0 Å². The van der Waals surface area contributed by atoms with Crippen LogP contribution in [0.15, 0.2) is 24.8 Å². The number of nitrogens with one attached hydrogen (secondary N) is 2. The highest BCUT2D eigenvalue weighted by molar-refractivity contribution is 5.49. The van der Waals surface area contributed by atoms with Crippen LogP contribution in [-0.2, 0) is 13.1 Å². The molecule has 1 atom stereocenters. The van der Waals surface area contributed by atoms with Gasteiger partial charge in [0.1, 0.15) is 23.8 Å². The lowest BCUT2D eigenvalue weighted by Gasteiger charge is -2.26. The van der Waals surface area contributed by atoms with E-state index in [4.69, 9.17) is 0 Å². The lowest BCUT2D eigenvalue weighted by atomic mass is 10.2. The molecule has 0 aromatic carbocycles.